The minimum atomic E-state index is -0.680. The number of nitrogens with one attached hydrogen (secondary N) is 2. The number of benzene rings is 2. The lowest BCUT2D eigenvalue weighted by Crippen LogP contribution is -2.46. The molecular formula is C20H22N4O2. The van der Waals surface area contributed by atoms with E-state index in [1.54, 1.807) is 4.90 Å². The van der Waals surface area contributed by atoms with Crippen molar-refractivity contribution >= 4 is 23.0 Å². The number of anilines is 1. The summed E-state index contributed by atoms with van der Waals surface area (Å²) in [5, 5.41) is 12.9. The molecule has 0 bridgehead atoms. The van der Waals surface area contributed by atoms with Crippen LogP contribution in [0.2, 0.25) is 0 Å². The molecule has 2 heterocycles. The first-order chi connectivity index (χ1) is 12.5. The van der Waals surface area contributed by atoms with Crippen molar-refractivity contribution in [2.24, 2.45) is 0 Å². The number of urea groups is 1. The maximum Gasteiger partial charge on any atom is 0.324 e. The highest BCUT2D eigenvalue weighted by atomic mass is 16.3. The molecule has 0 aliphatic carbocycles. The Hall–Kier alpha value is -2.86. The van der Waals surface area contributed by atoms with Gasteiger partial charge in [0.05, 0.1) is 16.6 Å². The Balaban J connectivity index is 1.56. The number of likely N-dealkylation sites (tertiary alicyclic amines) is 1. The number of para-hydroxylation sites is 1. The van der Waals surface area contributed by atoms with Crippen molar-refractivity contribution < 1.29 is 9.90 Å². The second kappa shape index (κ2) is 6.46. The molecule has 4 rings (SSSR count). The SMILES string of the molecule is CC1(O)CCN(C(=O)Nc2nc3c(-c4ccccc4)cccc3[nH]2)CC1. The number of H-pyrrole nitrogens is 1. The van der Waals surface area contributed by atoms with Crippen LogP contribution in [0.25, 0.3) is 22.2 Å². The topological polar surface area (TPSA) is 81.2 Å². The smallest absolute Gasteiger partial charge is 0.324 e. The van der Waals surface area contributed by atoms with Crippen molar-refractivity contribution in [1.29, 1.82) is 0 Å². The Bertz CT molecular complexity index is 923. The average molecular weight is 350 g/mol. The Morgan fingerprint density at radius 3 is 2.62 bits per heavy atom. The van der Waals surface area contributed by atoms with Gasteiger partial charge in [0.15, 0.2) is 0 Å². The number of nitrogens with zero attached hydrogens (tertiary/aromatic N) is 2. The number of carbonyl (C=O) groups excluding carboxylic acids is 1. The number of amides is 2. The lowest BCUT2D eigenvalue weighted by atomic mass is 9.94. The van der Waals surface area contributed by atoms with E-state index in [0.29, 0.717) is 31.9 Å². The second-order valence-electron chi connectivity index (χ2n) is 7.07. The van der Waals surface area contributed by atoms with E-state index in [2.05, 4.69) is 15.3 Å². The third kappa shape index (κ3) is 3.28. The molecule has 1 aliphatic rings. The summed E-state index contributed by atoms with van der Waals surface area (Å²) in [6.45, 7) is 2.88. The molecule has 134 valence electrons. The molecule has 0 saturated carbocycles. The van der Waals surface area contributed by atoms with Gasteiger partial charge in [0.1, 0.15) is 0 Å². The van der Waals surface area contributed by atoms with Crippen LogP contribution in [0.3, 0.4) is 0 Å². The van der Waals surface area contributed by atoms with Crippen molar-refractivity contribution in [3.63, 3.8) is 0 Å². The van der Waals surface area contributed by atoms with Gasteiger partial charge >= 0.3 is 6.03 Å². The van der Waals surface area contributed by atoms with Gasteiger partial charge in [0, 0.05) is 18.7 Å². The van der Waals surface area contributed by atoms with Crippen LogP contribution in [0.1, 0.15) is 19.8 Å². The Morgan fingerprint density at radius 2 is 1.88 bits per heavy atom. The summed E-state index contributed by atoms with van der Waals surface area (Å²) < 4.78 is 0. The number of carbonyl (C=O) groups is 1. The standard InChI is InChI=1S/C20H22N4O2/c1-20(26)10-12-24(13-11-20)19(25)23-18-21-16-9-5-8-15(17(16)22-18)14-6-3-2-4-7-14/h2-9,26H,10-13H2,1H3,(H2,21,22,23,25). The predicted octanol–water partition coefficient (Wildman–Crippen LogP) is 3.61. The summed E-state index contributed by atoms with van der Waals surface area (Å²) >= 11 is 0. The fourth-order valence-corrected chi connectivity index (χ4v) is 3.31. The van der Waals surface area contributed by atoms with E-state index in [1.807, 2.05) is 55.5 Å². The van der Waals surface area contributed by atoms with Gasteiger partial charge in [-0.25, -0.2) is 9.78 Å². The quantitative estimate of drug-likeness (QED) is 0.660. The largest absolute Gasteiger partial charge is 0.390 e. The van der Waals surface area contributed by atoms with Crippen LogP contribution >= 0.6 is 0 Å². The minimum absolute atomic E-state index is 0.194. The first-order valence-electron chi connectivity index (χ1n) is 8.84. The Labute approximate surface area is 151 Å². The summed E-state index contributed by atoms with van der Waals surface area (Å²) in [6.07, 6.45) is 1.16. The zero-order valence-electron chi connectivity index (χ0n) is 14.7. The molecule has 3 aromatic rings. The minimum Gasteiger partial charge on any atom is -0.390 e. The van der Waals surface area contributed by atoms with Crippen molar-refractivity contribution in [2.75, 3.05) is 18.4 Å². The van der Waals surface area contributed by atoms with E-state index >= 15 is 0 Å². The van der Waals surface area contributed by atoms with Crippen LogP contribution in [-0.4, -0.2) is 44.7 Å². The molecule has 2 aromatic carbocycles. The van der Waals surface area contributed by atoms with Crippen LogP contribution < -0.4 is 5.32 Å². The van der Waals surface area contributed by atoms with Crippen LogP contribution in [0, 0.1) is 0 Å². The monoisotopic (exact) mass is 350 g/mol. The van der Waals surface area contributed by atoms with Gasteiger partial charge in [-0.1, -0.05) is 42.5 Å². The van der Waals surface area contributed by atoms with Crippen LogP contribution in [0.15, 0.2) is 48.5 Å². The lowest BCUT2D eigenvalue weighted by Gasteiger charge is -2.35. The fourth-order valence-electron chi connectivity index (χ4n) is 3.31. The van der Waals surface area contributed by atoms with Gasteiger partial charge in [-0.05, 0) is 31.4 Å². The van der Waals surface area contributed by atoms with E-state index in [1.165, 1.54) is 0 Å². The van der Waals surface area contributed by atoms with Crippen LogP contribution in [0.5, 0.6) is 0 Å². The molecule has 0 unspecified atom stereocenters. The fraction of sp³-hybridized carbons (Fsp3) is 0.300. The Kier molecular flexibility index (Phi) is 4.12. The van der Waals surface area contributed by atoms with Gasteiger partial charge in [0.25, 0.3) is 0 Å². The Morgan fingerprint density at radius 1 is 1.15 bits per heavy atom. The van der Waals surface area contributed by atoms with Crippen LogP contribution in [-0.2, 0) is 0 Å². The molecular weight excluding hydrogens is 328 g/mol. The molecule has 0 radical (unpaired) electrons. The van der Waals surface area contributed by atoms with Crippen molar-refractivity contribution in [3.05, 3.63) is 48.5 Å². The summed E-state index contributed by atoms with van der Waals surface area (Å²) in [4.78, 5) is 22.0. The predicted molar refractivity (Wildman–Crippen MR) is 102 cm³/mol. The van der Waals surface area contributed by atoms with Crippen molar-refractivity contribution in [3.8, 4) is 11.1 Å². The molecule has 1 fully saturated rings. The summed E-state index contributed by atoms with van der Waals surface area (Å²) in [5.41, 5.74) is 3.13. The number of hydrogen-bond acceptors (Lipinski definition) is 3. The number of fused-ring (bicyclic) bond motifs is 1. The number of rotatable bonds is 2. The number of imidazole rings is 1. The molecule has 2 amide bonds. The normalized spacial score (nSPS) is 16.6. The average Bonchev–Trinajstić information content (AvgIpc) is 3.04. The summed E-state index contributed by atoms with van der Waals surface area (Å²) in [5.74, 6) is 0.436. The number of aromatic amines is 1. The highest BCUT2D eigenvalue weighted by Gasteiger charge is 2.29. The highest BCUT2D eigenvalue weighted by molar-refractivity contribution is 5.95. The van der Waals surface area contributed by atoms with Gasteiger partial charge in [-0.15, -0.1) is 0 Å². The zero-order chi connectivity index (χ0) is 18.1. The van der Waals surface area contributed by atoms with E-state index in [0.717, 1.165) is 22.2 Å². The molecule has 6 nitrogen and oxygen atoms in total. The maximum atomic E-state index is 12.5. The molecule has 0 atom stereocenters. The molecule has 26 heavy (non-hydrogen) atoms. The third-order valence-electron chi connectivity index (χ3n) is 4.95. The van der Waals surface area contributed by atoms with E-state index < -0.39 is 5.60 Å². The first kappa shape index (κ1) is 16.6. The maximum absolute atomic E-state index is 12.5. The molecule has 0 spiro atoms. The number of aromatic nitrogens is 2. The van der Waals surface area contributed by atoms with E-state index in [-0.39, 0.29) is 6.03 Å². The van der Waals surface area contributed by atoms with Crippen molar-refractivity contribution in [2.45, 2.75) is 25.4 Å². The summed E-state index contributed by atoms with van der Waals surface area (Å²) in [7, 11) is 0. The second-order valence-corrected chi connectivity index (χ2v) is 7.07. The van der Waals surface area contributed by atoms with Gasteiger partial charge in [-0.2, -0.15) is 0 Å². The van der Waals surface area contributed by atoms with Crippen LogP contribution in [0.4, 0.5) is 10.7 Å². The highest BCUT2D eigenvalue weighted by Crippen LogP contribution is 2.28. The number of hydrogen-bond donors (Lipinski definition) is 3. The molecule has 3 N–H and O–H groups in total. The van der Waals surface area contributed by atoms with Gasteiger partial charge in [-0.3, -0.25) is 5.32 Å². The molecule has 1 aromatic heterocycles. The first-order valence-corrected chi connectivity index (χ1v) is 8.84. The third-order valence-corrected chi connectivity index (χ3v) is 4.95. The van der Waals surface area contributed by atoms with E-state index in [9.17, 15) is 9.90 Å². The molecule has 1 saturated heterocycles. The summed E-state index contributed by atoms with van der Waals surface area (Å²) in [6, 6.07) is 15.8. The number of aliphatic hydroxyl groups is 1. The van der Waals surface area contributed by atoms with E-state index in [4.69, 9.17) is 0 Å². The van der Waals surface area contributed by atoms with Gasteiger partial charge < -0.3 is 15.0 Å². The number of piperidine rings is 1. The molecule has 6 heteroatoms. The molecule has 1 aliphatic heterocycles. The zero-order valence-corrected chi connectivity index (χ0v) is 14.7. The van der Waals surface area contributed by atoms with Gasteiger partial charge in [0.2, 0.25) is 5.95 Å². The van der Waals surface area contributed by atoms with Crippen molar-refractivity contribution in [1.82, 2.24) is 14.9 Å². The lowest BCUT2D eigenvalue weighted by molar-refractivity contribution is 0.00569.